The van der Waals surface area contributed by atoms with Gasteiger partial charge in [0.25, 0.3) is 0 Å². The third-order valence-corrected chi connectivity index (χ3v) is 4.37. The Bertz CT molecular complexity index is 820. The number of aliphatic imine (C=N–C) groups is 1. The largest absolute Gasteiger partial charge is 0.494 e. The third-order valence-electron chi connectivity index (χ3n) is 4.37. The van der Waals surface area contributed by atoms with E-state index in [4.69, 9.17) is 9.47 Å². The first-order chi connectivity index (χ1) is 12.3. The van der Waals surface area contributed by atoms with Gasteiger partial charge in [0.15, 0.2) is 0 Å². The number of hydrogen-bond acceptors (Lipinski definition) is 3. The number of hydrogen-bond donors (Lipinski definition) is 0. The van der Waals surface area contributed by atoms with Crippen molar-refractivity contribution in [2.45, 2.75) is 39.2 Å². The molecule has 2 aromatic rings. The van der Waals surface area contributed by atoms with Crippen molar-refractivity contribution in [2.24, 2.45) is 4.99 Å². The lowest BCUT2D eigenvalue weighted by Gasteiger charge is -2.22. The second kappa shape index (κ2) is 7.06. The molecular weight excluding hydrogens is 336 g/mol. The number of ether oxygens (including phenoxy) is 2. The molecule has 26 heavy (non-hydrogen) atoms. The summed E-state index contributed by atoms with van der Waals surface area (Å²) in [6.07, 6.45) is 0. The van der Waals surface area contributed by atoms with Crippen LogP contribution in [-0.2, 0) is 10.2 Å². The molecule has 0 spiro atoms. The Morgan fingerprint density at radius 3 is 2.46 bits per heavy atom. The Kier molecular flexibility index (Phi) is 4.99. The van der Waals surface area contributed by atoms with Crippen LogP contribution in [0.15, 0.2) is 41.4 Å². The quantitative estimate of drug-likeness (QED) is 0.753. The highest BCUT2D eigenvalue weighted by atomic mass is 19.1. The minimum absolute atomic E-state index is 0.00653. The van der Waals surface area contributed by atoms with Gasteiger partial charge in [-0.25, -0.2) is 13.8 Å². The number of nitrogens with zero attached hydrogens (tertiary/aromatic N) is 1. The smallest absolute Gasteiger partial charge is 0.222 e. The Labute approximate surface area is 152 Å². The Balaban J connectivity index is 1.98. The number of rotatable bonds is 4. The zero-order chi connectivity index (χ0) is 18.9. The zero-order valence-electron chi connectivity index (χ0n) is 15.5. The Morgan fingerprint density at radius 1 is 1.15 bits per heavy atom. The molecule has 0 saturated carbocycles. The molecule has 3 rings (SSSR count). The minimum Gasteiger partial charge on any atom is -0.494 e. The molecule has 138 valence electrons. The molecule has 3 nitrogen and oxygen atoms in total. The highest BCUT2D eigenvalue weighted by Crippen LogP contribution is 2.36. The predicted molar refractivity (Wildman–Crippen MR) is 97.9 cm³/mol. The van der Waals surface area contributed by atoms with E-state index in [-0.39, 0.29) is 29.5 Å². The second-order valence-electron chi connectivity index (χ2n) is 7.29. The molecule has 0 unspecified atom stereocenters. The van der Waals surface area contributed by atoms with Crippen molar-refractivity contribution < 1.29 is 18.3 Å². The van der Waals surface area contributed by atoms with Gasteiger partial charge in [-0.3, -0.25) is 0 Å². The molecule has 1 aliphatic rings. The lowest BCUT2D eigenvalue weighted by Crippen LogP contribution is -2.12. The maximum atomic E-state index is 14.0. The average molecular weight is 359 g/mol. The highest BCUT2D eigenvalue weighted by molar-refractivity contribution is 5.95. The fraction of sp³-hybridized carbons (Fsp3) is 0.381. The van der Waals surface area contributed by atoms with Gasteiger partial charge < -0.3 is 9.47 Å². The summed E-state index contributed by atoms with van der Waals surface area (Å²) in [7, 11) is 0. The van der Waals surface area contributed by atoms with Gasteiger partial charge in [-0.15, -0.1) is 0 Å². The van der Waals surface area contributed by atoms with Crippen LogP contribution in [-0.4, -0.2) is 19.1 Å². The van der Waals surface area contributed by atoms with Gasteiger partial charge in [0.05, 0.1) is 6.61 Å². The van der Waals surface area contributed by atoms with Crippen molar-refractivity contribution in [3.63, 3.8) is 0 Å². The van der Waals surface area contributed by atoms with Crippen LogP contribution in [0.1, 0.15) is 50.4 Å². The van der Waals surface area contributed by atoms with Crippen molar-refractivity contribution >= 4 is 5.90 Å². The fourth-order valence-corrected chi connectivity index (χ4v) is 2.93. The van der Waals surface area contributed by atoms with Crippen LogP contribution in [0.25, 0.3) is 0 Å². The molecule has 0 aliphatic carbocycles. The summed E-state index contributed by atoms with van der Waals surface area (Å²) in [5.74, 6) is -0.643. The van der Waals surface area contributed by atoms with E-state index in [0.29, 0.717) is 6.61 Å². The van der Waals surface area contributed by atoms with E-state index in [2.05, 4.69) is 25.8 Å². The van der Waals surface area contributed by atoms with Gasteiger partial charge in [0, 0.05) is 5.56 Å². The molecule has 1 aliphatic heterocycles. The molecule has 0 aromatic heterocycles. The zero-order valence-corrected chi connectivity index (χ0v) is 15.5. The average Bonchev–Trinajstić information content (AvgIpc) is 3.03. The molecule has 0 amide bonds. The van der Waals surface area contributed by atoms with Gasteiger partial charge >= 0.3 is 0 Å². The molecule has 0 N–H and O–H groups in total. The summed E-state index contributed by atoms with van der Waals surface area (Å²) in [6.45, 7) is 9.06. The van der Waals surface area contributed by atoms with E-state index in [9.17, 15) is 8.78 Å². The van der Waals surface area contributed by atoms with Crippen molar-refractivity contribution in [1.29, 1.82) is 0 Å². The summed E-state index contributed by atoms with van der Waals surface area (Å²) in [5.41, 5.74) is 1.76. The maximum absolute atomic E-state index is 14.0. The van der Waals surface area contributed by atoms with Crippen LogP contribution in [0.5, 0.6) is 5.75 Å². The number of benzene rings is 2. The normalized spacial score (nSPS) is 17.0. The first-order valence-electron chi connectivity index (χ1n) is 8.73. The van der Waals surface area contributed by atoms with E-state index in [1.54, 1.807) is 0 Å². The van der Waals surface area contributed by atoms with E-state index < -0.39 is 11.6 Å². The monoisotopic (exact) mass is 359 g/mol. The van der Waals surface area contributed by atoms with Crippen molar-refractivity contribution in [1.82, 2.24) is 0 Å². The van der Waals surface area contributed by atoms with Crippen LogP contribution < -0.4 is 4.74 Å². The number of halogens is 2. The fourth-order valence-electron chi connectivity index (χ4n) is 2.93. The molecule has 1 heterocycles. The second-order valence-corrected chi connectivity index (χ2v) is 7.29. The Hall–Kier alpha value is -2.43. The summed E-state index contributed by atoms with van der Waals surface area (Å²) in [4.78, 5) is 4.42. The van der Waals surface area contributed by atoms with Gasteiger partial charge in [-0.2, -0.15) is 0 Å². The van der Waals surface area contributed by atoms with Crippen LogP contribution in [0, 0.1) is 11.6 Å². The van der Waals surface area contributed by atoms with Gasteiger partial charge in [0.1, 0.15) is 35.6 Å². The first kappa shape index (κ1) is 18.4. The van der Waals surface area contributed by atoms with Crippen LogP contribution in [0.2, 0.25) is 0 Å². The summed E-state index contributed by atoms with van der Waals surface area (Å²) >= 11 is 0. The summed E-state index contributed by atoms with van der Waals surface area (Å²) in [5, 5.41) is 0. The third kappa shape index (κ3) is 3.57. The van der Waals surface area contributed by atoms with Gasteiger partial charge in [-0.05, 0) is 36.1 Å². The molecular formula is C21H23F2NO2. The molecule has 1 atom stereocenters. The van der Waals surface area contributed by atoms with Gasteiger partial charge in [-0.1, -0.05) is 39.0 Å². The summed E-state index contributed by atoms with van der Waals surface area (Å²) in [6, 6.07) is 9.36. The first-order valence-corrected chi connectivity index (χ1v) is 8.73. The summed E-state index contributed by atoms with van der Waals surface area (Å²) < 4.78 is 39.3. The lowest BCUT2D eigenvalue weighted by atomic mass is 9.86. The molecule has 0 bridgehead atoms. The topological polar surface area (TPSA) is 30.8 Å². The van der Waals surface area contributed by atoms with E-state index in [1.165, 1.54) is 18.2 Å². The van der Waals surface area contributed by atoms with Crippen molar-refractivity contribution in [2.75, 3.05) is 13.2 Å². The predicted octanol–water partition coefficient (Wildman–Crippen LogP) is 5.18. The molecule has 0 saturated heterocycles. The SMILES string of the molecule is CCOc1cc(C(C)(C)C)ccc1[C@H]1COC(c2c(F)cccc2F)=N1. The Morgan fingerprint density at radius 2 is 1.85 bits per heavy atom. The standard InChI is InChI=1S/C21H23F2NO2/c1-5-25-18-11-13(21(2,3)4)9-10-14(18)17-12-26-20(24-17)19-15(22)7-6-8-16(19)23/h6-11,17H,5,12H2,1-4H3/t17-/m1/s1. The van der Waals surface area contributed by atoms with Crippen molar-refractivity contribution in [3.05, 3.63) is 64.7 Å². The molecule has 2 aromatic carbocycles. The van der Waals surface area contributed by atoms with Crippen LogP contribution in [0.4, 0.5) is 8.78 Å². The maximum Gasteiger partial charge on any atom is 0.222 e. The van der Waals surface area contributed by atoms with Crippen LogP contribution >= 0.6 is 0 Å². The lowest BCUT2D eigenvalue weighted by molar-refractivity contribution is 0.304. The molecule has 0 fully saturated rings. The molecule has 5 heteroatoms. The van der Waals surface area contributed by atoms with E-state index >= 15 is 0 Å². The van der Waals surface area contributed by atoms with Crippen LogP contribution in [0.3, 0.4) is 0 Å². The van der Waals surface area contributed by atoms with Crippen molar-refractivity contribution in [3.8, 4) is 5.75 Å². The van der Waals surface area contributed by atoms with Gasteiger partial charge in [0.2, 0.25) is 5.90 Å². The molecule has 0 radical (unpaired) electrons. The van der Waals surface area contributed by atoms with E-state index in [0.717, 1.165) is 16.9 Å². The minimum atomic E-state index is -0.683. The van der Waals surface area contributed by atoms with E-state index in [1.807, 2.05) is 25.1 Å². The highest BCUT2D eigenvalue weighted by Gasteiger charge is 2.28.